The summed E-state index contributed by atoms with van der Waals surface area (Å²) in [7, 11) is 0. The van der Waals surface area contributed by atoms with Gasteiger partial charge in [-0.3, -0.25) is 9.59 Å². The Morgan fingerprint density at radius 3 is 2.33 bits per heavy atom. The van der Waals surface area contributed by atoms with Crippen LogP contribution in [0, 0.1) is 0 Å². The average molecular weight is 321 g/mol. The number of benzene rings is 1. The minimum atomic E-state index is -1.06. The van der Waals surface area contributed by atoms with Gasteiger partial charge in [-0.1, -0.05) is 36.9 Å². The number of aliphatic hydroxyl groups is 1. The molecule has 24 heavy (non-hydrogen) atoms. The van der Waals surface area contributed by atoms with Crippen LogP contribution in [0.4, 0.5) is 5.69 Å². The van der Waals surface area contributed by atoms with Gasteiger partial charge in [0, 0.05) is 12.2 Å². The molecule has 1 fully saturated rings. The third kappa shape index (κ3) is 2.45. The summed E-state index contributed by atoms with van der Waals surface area (Å²) in [5, 5.41) is 11.2. The summed E-state index contributed by atoms with van der Waals surface area (Å²) in [4.78, 5) is 24.6. The number of carbonyl (C=O) groups excluding carboxylic acids is 2. The third-order valence-electron chi connectivity index (χ3n) is 4.57. The second-order valence-electron chi connectivity index (χ2n) is 5.88. The van der Waals surface area contributed by atoms with Gasteiger partial charge in [-0.05, 0) is 48.6 Å². The Kier molecular flexibility index (Phi) is 4.08. The van der Waals surface area contributed by atoms with E-state index in [1.165, 1.54) is 12.2 Å². The fourth-order valence-corrected chi connectivity index (χ4v) is 3.43. The fraction of sp³-hybridized carbons (Fsp3) is 0.200. The first-order chi connectivity index (χ1) is 11.5. The molecule has 1 saturated carbocycles. The van der Waals surface area contributed by atoms with Gasteiger partial charge in [-0.2, -0.15) is 0 Å². The number of hydrogen-bond donors (Lipinski definition) is 1. The molecule has 1 atom stereocenters. The Balaban J connectivity index is 1.94. The number of amides is 2. The van der Waals surface area contributed by atoms with Gasteiger partial charge < -0.3 is 5.11 Å². The second kappa shape index (κ2) is 6.06. The van der Waals surface area contributed by atoms with E-state index in [0.29, 0.717) is 12.1 Å². The molecular formula is C20H19NO3. The van der Waals surface area contributed by atoms with Crippen molar-refractivity contribution in [2.75, 3.05) is 4.90 Å². The molecule has 1 aliphatic heterocycles. The highest BCUT2D eigenvalue weighted by molar-refractivity contribution is 6.28. The molecule has 1 N–H and O–H groups in total. The molecule has 0 bridgehead atoms. The van der Waals surface area contributed by atoms with Crippen LogP contribution in [0.15, 0.2) is 72.4 Å². The zero-order chi connectivity index (χ0) is 17.3. The first kappa shape index (κ1) is 16.1. The molecule has 0 radical (unpaired) electrons. The molecule has 1 unspecified atom stereocenters. The van der Waals surface area contributed by atoms with Gasteiger partial charge in [0.2, 0.25) is 0 Å². The standard InChI is InChI=1S/C20H19NO3/c1-3-5-14-12-13-20(24,17(14)4-2)15-6-8-16(9-7-15)21-18(22)10-11-19(21)23/h3-11,24H,1,12-13H2,2H3/b14-5-,17-4+. The maximum Gasteiger partial charge on any atom is 0.258 e. The van der Waals surface area contributed by atoms with E-state index in [-0.39, 0.29) is 11.8 Å². The van der Waals surface area contributed by atoms with Crippen LogP contribution in [0.2, 0.25) is 0 Å². The van der Waals surface area contributed by atoms with E-state index >= 15 is 0 Å². The molecule has 1 heterocycles. The number of nitrogens with zero attached hydrogens (tertiary/aromatic N) is 1. The van der Waals surface area contributed by atoms with Crippen LogP contribution < -0.4 is 4.90 Å². The number of rotatable bonds is 3. The number of allylic oxidation sites excluding steroid dienone is 3. The fourth-order valence-electron chi connectivity index (χ4n) is 3.43. The normalized spacial score (nSPS) is 26.8. The van der Waals surface area contributed by atoms with Gasteiger partial charge in [-0.15, -0.1) is 0 Å². The van der Waals surface area contributed by atoms with Gasteiger partial charge in [0.1, 0.15) is 5.60 Å². The number of carbonyl (C=O) groups is 2. The first-order valence-electron chi connectivity index (χ1n) is 7.89. The minimum absolute atomic E-state index is 0.349. The number of imide groups is 1. The maximum atomic E-state index is 11.7. The van der Waals surface area contributed by atoms with Crippen LogP contribution in [0.3, 0.4) is 0 Å². The molecular weight excluding hydrogens is 302 g/mol. The number of anilines is 1. The van der Waals surface area contributed by atoms with Crippen molar-refractivity contribution in [1.82, 2.24) is 0 Å². The van der Waals surface area contributed by atoms with Crippen LogP contribution in [-0.2, 0) is 15.2 Å². The molecule has 1 aromatic rings. The van der Waals surface area contributed by atoms with Crippen LogP contribution in [0.25, 0.3) is 0 Å². The van der Waals surface area contributed by atoms with Crippen molar-refractivity contribution in [2.45, 2.75) is 25.4 Å². The lowest BCUT2D eigenvalue weighted by Gasteiger charge is -2.26. The SMILES string of the molecule is C=C/C=C1/CCC(O)(c2ccc(N3C(=O)C=CC3=O)cc2)/C1=C/C. The predicted molar refractivity (Wildman–Crippen MR) is 93.2 cm³/mol. The molecule has 4 nitrogen and oxygen atoms in total. The van der Waals surface area contributed by atoms with Crippen molar-refractivity contribution in [3.8, 4) is 0 Å². The molecule has 0 spiro atoms. The lowest BCUT2D eigenvalue weighted by Crippen LogP contribution is -2.30. The summed E-state index contributed by atoms with van der Waals surface area (Å²) in [6.45, 7) is 5.63. The Morgan fingerprint density at radius 2 is 1.79 bits per heavy atom. The maximum absolute atomic E-state index is 11.7. The Bertz CT molecular complexity index is 781. The highest BCUT2D eigenvalue weighted by Gasteiger charge is 2.40. The summed E-state index contributed by atoms with van der Waals surface area (Å²) in [5.74, 6) is -0.699. The highest BCUT2D eigenvalue weighted by Crippen LogP contribution is 2.46. The Hall–Kier alpha value is -2.72. The molecule has 1 aromatic carbocycles. The molecule has 4 heteroatoms. The summed E-state index contributed by atoms with van der Waals surface area (Å²) in [6, 6.07) is 6.93. The summed E-state index contributed by atoms with van der Waals surface area (Å²) in [5.41, 5.74) is 2.15. The third-order valence-corrected chi connectivity index (χ3v) is 4.57. The Labute approximate surface area is 141 Å². The van der Waals surface area contributed by atoms with E-state index in [4.69, 9.17) is 0 Å². The van der Waals surface area contributed by atoms with Crippen LogP contribution >= 0.6 is 0 Å². The van der Waals surface area contributed by atoms with Crippen molar-refractivity contribution in [1.29, 1.82) is 0 Å². The van der Waals surface area contributed by atoms with Gasteiger partial charge in [0.25, 0.3) is 11.8 Å². The zero-order valence-corrected chi connectivity index (χ0v) is 13.5. The average Bonchev–Trinajstić information content (AvgIpc) is 3.08. The molecule has 3 rings (SSSR count). The van der Waals surface area contributed by atoms with E-state index in [9.17, 15) is 14.7 Å². The van der Waals surface area contributed by atoms with Crippen molar-refractivity contribution in [2.24, 2.45) is 0 Å². The van der Waals surface area contributed by atoms with Gasteiger partial charge >= 0.3 is 0 Å². The van der Waals surface area contributed by atoms with E-state index in [0.717, 1.165) is 28.0 Å². The van der Waals surface area contributed by atoms with Gasteiger partial charge in [0.05, 0.1) is 5.69 Å². The quantitative estimate of drug-likeness (QED) is 0.870. The number of hydrogen-bond acceptors (Lipinski definition) is 3. The van der Waals surface area contributed by atoms with Crippen LogP contribution in [-0.4, -0.2) is 16.9 Å². The topological polar surface area (TPSA) is 57.6 Å². The smallest absolute Gasteiger partial charge is 0.258 e. The lowest BCUT2D eigenvalue weighted by molar-refractivity contribution is -0.119. The molecule has 1 aliphatic carbocycles. The molecule has 0 aromatic heterocycles. The highest BCUT2D eigenvalue weighted by atomic mass is 16.3. The van der Waals surface area contributed by atoms with Crippen LogP contribution in [0.5, 0.6) is 0 Å². The second-order valence-corrected chi connectivity index (χ2v) is 5.88. The first-order valence-corrected chi connectivity index (χ1v) is 7.89. The largest absolute Gasteiger partial charge is 0.380 e. The van der Waals surface area contributed by atoms with E-state index in [1.807, 2.05) is 19.1 Å². The Morgan fingerprint density at radius 1 is 1.17 bits per heavy atom. The summed E-state index contributed by atoms with van der Waals surface area (Å²) < 4.78 is 0. The van der Waals surface area contributed by atoms with Crippen molar-refractivity contribution < 1.29 is 14.7 Å². The minimum Gasteiger partial charge on any atom is -0.380 e. The van der Waals surface area contributed by atoms with Crippen LogP contribution in [0.1, 0.15) is 25.3 Å². The van der Waals surface area contributed by atoms with E-state index in [1.54, 1.807) is 30.3 Å². The molecule has 2 aliphatic rings. The monoisotopic (exact) mass is 321 g/mol. The van der Waals surface area contributed by atoms with Gasteiger partial charge in [0.15, 0.2) is 0 Å². The van der Waals surface area contributed by atoms with Gasteiger partial charge in [-0.25, -0.2) is 4.90 Å². The molecule has 0 saturated heterocycles. The van der Waals surface area contributed by atoms with E-state index in [2.05, 4.69) is 6.58 Å². The lowest BCUT2D eigenvalue weighted by atomic mass is 9.87. The van der Waals surface area contributed by atoms with Crippen molar-refractivity contribution in [3.63, 3.8) is 0 Å². The van der Waals surface area contributed by atoms with Crippen molar-refractivity contribution >= 4 is 17.5 Å². The summed E-state index contributed by atoms with van der Waals surface area (Å²) >= 11 is 0. The van der Waals surface area contributed by atoms with Crippen molar-refractivity contribution in [3.05, 3.63) is 77.9 Å². The summed E-state index contributed by atoms with van der Waals surface area (Å²) in [6.07, 6.45) is 9.45. The van der Waals surface area contributed by atoms with E-state index < -0.39 is 5.60 Å². The predicted octanol–water partition coefficient (Wildman–Crippen LogP) is 3.16. The zero-order valence-electron chi connectivity index (χ0n) is 13.5. The molecule has 122 valence electrons. The molecule has 2 amide bonds.